The summed E-state index contributed by atoms with van der Waals surface area (Å²) in [5.74, 6) is 6.23. The fraction of sp³-hybridized carbons (Fsp3) is 0.667. The van der Waals surface area contributed by atoms with Crippen LogP contribution in [0, 0.1) is 0 Å². The number of hydrogen-bond acceptors (Lipinski definition) is 4. The Bertz CT molecular complexity index is 245. The summed E-state index contributed by atoms with van der Waals surface area (Å²) in [5.41, 5.74) is -0.252. The van der Waals surface area contributed by atoms with Gasteiger partial charge in [0.15, 0.2) is 0 Å². The average Bonchev–Trinajstić information content (AvgIpc) is 2.12. The molecule has 4 heteroatoms. The molecule has 0 atom stereocenters. The van der Waals surface area contributed by atoms with E-state index < -0.39 is 0 Å². The lowest BCUT2D eigenvalue weighted by atomic mass is 10.1. The summed E-state index contributed by atoms with van der Waals surface area (Å²) in [7, 11) is 1.66. The largest absolute Gasteiger partial charge is 0.492 e. The molecule has 0 heterocycles. The van der Waals surface area contributed by atoms with Crippen LogP contribution in [0.5, 0.6) is 0 Å². The van der Waals surface area contributed by atoms with Crippen LogP contribution in [-0.2, 0) is 9.57 Å². The van der Waals surface area contributed by atoms with Crippen molar-refractivity contribution in [2.24, 2.45) is 5.84 Å². The quantitative estimate of drug-likeness (QED) is 0.314. The monoisotopic (exact) mass is 228 g/mol. The van der Waals surface area contributed by atoms with Crippen LogP contribution in [0.25, 0.3) is 0 Å². The van der Waals surface area contributed by atoms with Gasteiger partial charge in [0, 0.05) is 13.5 Å². The van der Waals surface area contributed by atoms with Gasteiger partial charge >= 0.3 is 0 Å². The minimum atomic E-state index is -0.252. The van der Waals surface area contributed by atoms with E-state index >= 15 is 0 Å². The van der Waals surface area contributed by atoms with Gasteiger partial charge in [-0.1, -0.05) is 12.2 Å². The van der Waals surface area contributed by atoms with Crippen LogP contribution in [0.4, 0.5) is 0 Å². The number of ether oxygens (including phenoxy) is 1. The van der Waals surface area contributed by atoms with Gasteiger partial charge in [0.25, 0.3) is 0 Å². The van der Waals surface area contributed by atoms with Crippen molar-refractivity contribution in [2.45, 2.75) is 39.7 Å². The number of rotatable bonds is 7. The summed E-state index contributed by atoms with van der Waals surface area (Å²) in [6.45, 7) is 8.51. The van der Waals surface area contributed by atoms with Crippen molar-refractivity contribution in [3.05, 3.63) is 24.0 Å². The third-order valence-corrected chi connectivity index (χ3v) is 1.96. The Hall–Kier alpha value is -0.840. The normalized spacial score (nSPS) is 13.8. The van der Waals surface area contributed by atoms with Crippen LogP contribution < -0.4 is 5.84 Å². The Morgan fingerprint density at radius 2 is 2.06 bits per heavy atom. The van der Waals surface area contributed by atoms with Crippen LogP contribution in [0.2, 0.25) is 0 Å². The Balaban J connectivity index is 4.03. The molecule has 0 spiro atoms. The van der Waals surface area contributed by atoms with Crippen molar-refractivity contribution in [3.63, 3.8) is 0 Å². The standard InChI is InChI=1S/C12H24N2O2/c1-6-7-8-11(2)16-12(3,4)9-10-15-14(5)13/h6-8H,9-10,13H2,1-5H3/b7-6-,11-8+. The van der Waals surface area contributed by atoms with E-state index in [0.717, 1.165) is 12.2 Å². The number of hydroxylamine groups is 1. The Labute approximate surface area is 98.6 Å². The van der Waals surface area contributed by atoms with Gasteiger partial charge in [-0.3, -0.25) is 4.84 Å². The Kier molecular flexibility index (Phi) is 7.05. The highest BCUT2D eigenvalue weighted by Gasteiger charge is 2.19. The molecule has 4 nitrogen and oxygen atoms in total. The lowest BCUT2D eigenvalue weighted by molar-refractivity contribution is -0.154. The molecule has 0 aromatic carbocycles. The molecule has 0 radical (unpaired) electrons. The highest BCUT2D eigenvalue weighted by atomic mass is 16.7. The number of hydrazine groups is 1. The van der Waals surface area contributed by atoms with E-state index in [1.165, 1.54) is 5.17 Å². The van der Waals surface area contributed by atoms with Crippen molar-refractivity contribution < 1.29 is 9.57 Å². The lowest BCUT2D eigenvalue weighted by Gasteiger charge is -2.27. The van der Waals surface area contributed by atoms with E-state index in [-0.39, 0.29) is 5.60 Å². The number of nitrogens with two attached hydrogens (primary N) is 1. The number of hydrogen-bond donors (Lipinski definition) is 1. The molecule has 16 heavy (non-hydrogen) atoms. The first kappa shape index (κ1) is 15.2. The average molecular weight is 228 g/mol. The smallest absolute Gasteiger partial charge is 0.105 e. The number of allylic oxidation sites excluding steroid dienone is 4. The Morgan fingerprint density at radius 3 is 2.56 bits per heavy atom. The number of nitrogens with zero attached hydrogens (tertiary/aromatic N) is 1. The van der Waals surface area contributed by atoms with E-state index in [2.05, 4.69) is 0 Å². The zero-order chi connectivity index (χ0) is 12.6. The molecule has 0 unspecified atom stereocenters. The van der Waals surface area contributed by atoms with Gasteiger partial charge < -0.3 is 4.74 Å². The molecule has 0 saturated carbocycles. The molecule has 0 aromatic rings. The summed E-state index contributed by atoms with van der Waals surface area (Å²) in [6.07, 6.45) is 6.63. The van der Waals surface area contributed by atoms with E-state index in [1.54, 1.807) is 7.05 Å². The first-order valence-corrected chi connectivity index (χ1v) is 5.47. The molecular formula is C12H24N2O2. The molecule has 0 fully saturated rings. The van der Waals surface area contributed by atoms with Gasteiger partial charge in [-0.25, -0.2) is 5.84 Å². The lowest BCUT2D eigenvalue weighted by Crippen LogP contribution is -2.31. The molecular weight excluding hydrogens is 204 g/mol. The summed E-state index contributed by atoms with van der Waals surface area (Å²) in [4.78, 5) is 5.14. The van der Waals surface area contributed by atoms with Crippen molar-refractivity contribution in [2.75, 3.05) is 13.7 Å². The molecule has 0 aliphatic heterocycles. The van der Waals surface area contributed by atoms with Crippen LogP contribution in [0.3, 0.4) is 0 Å². The minimum absolute atomic E-state index is 0.252. The van der Waals surface area contributed by atoms with Gasteiger partial charge in [-0.2, -0.15) is 0 Å². The predicted octanol–water partition coefficient (Wildman–Crippen LogP) is 2.39. The second-order valence-corrected chi connectivity index (χ2v) is 4.29. The first-order valence-electron chi connectivity index (χ1n) is 5.47. The van der Waals surface area contributed by atoms with Gasteiger partial charge in [0.05, 0.1) is 12.4 Å². The molecule has 0 rings (SSSR count). The summed E-state index contributed by atoms with van der Waals surface area (Å²) < 4.78 is 5.79. The van der Waals surface area contributed by atoms with E-state index in [4.69, 9.17) is 15.4 Å². The van der Waals surface area contributed by atoms with Crippen molar-refractivity contribution >= 4 is 0 Å². The third-order valence-electron chi connectivity index (χ3n) is 1.96. The van der Waals surface area contributed by atoms with Gasteiger partial charge in [0.2, 0.25) is 0 Å². The van der Waals surface area contributed by atoms with E-state index in [1.807, 2.05) is 45.9 Å². The Morgan fingerprint density at radius 1 is 1.44 bits per heavy atom. The molecule has 0 saturated heterocycles. The second kappa shape index (κ2) is 7.44. The highest BCUT2D eigenvalue weighted by Crippen LogP contribution is 2.18. The fourth-order valence-corrected chi connectivity index (χ4v) is 1.19. The maximum absolute atomic E-state index is 5.79. The fourth-order valence-electron chi connectivity index (χ4n) is 1.19. The van der Waals surface area contributed by atoms with Crippen molar-refractivity contribution in [1.29, 1.82) is 0 Å². The van der Waals surface area contributed by atoms with Crippen LogP contribution >= 0.6 is 0 Å². The second-order valence-electron chi connectivity index (χ2n) is 4.29. The van der Waals surface area contributed by atoms with Crippen LogP contribution in [-0.4, -0.2) is 24.4 Å². The molecule has 0 aliphatic rings. The molecule has 0 amide bonds. The molecule has 0 aromatic heterocycles. The predicted molar refractivity (Wildman–Crippen MR) is 66.3 cm³/mol. The molecule has 0 aliphatic carbocycles. The van der Waals surface area contributed by atoms with Gasteiger partial charge in [-0.05, 0) is 33.8 Å². The van der Waals surface area contributed by atoms with Crippen LogP contribution in [0.15, 0.2) is 24.0 Å². The minimum Gasteiger partial charge on any atom is -0.492 e. The zero-order valence-corrected chi connectivity index (χ0v) is 11.0. The van der Waals surface area contributed by atoms with Crippen LogP contribution in [0.1, 0.15) is 34.1 Å². The van der Waals surface area contributed by atoms with Crippen molar-refractivity contribution in [1.82, 2.24) is 5.17 Å². The maximum atomic E-state index is 5.79. The summed E-state index contributed by atoms with van der Waals surface area (Å²) in [6, 6.07) is 0. The molecule has 94 valence electrons. The topological polar surface area (TPSA) is 47.7 Å². The van der Waals surface area contributed by atoms with Gasteiger partial charge in [0.1, 0.15) is 5.60 Å². The SMILES string of the molecule is C/C=C\C=C(/C)OC(C)(C)CCON(C)N. The maximum Gasteiger partial charge on any atom is 0.105 e. The van der Waals surface area contributed by atoms with Crippen molar-refractivity contribution in [3.8, 4) is 0 Å². The first-order chi connectivity index (χ1) is 7.37. The summed E-state index contributed by atoms with van der Waals surface area (Å²) >= 11 is 0. The van der Waals surface area contributed by atoms with E-state index in [0.29, 0.717) is 6.61 Å². The van der Waals surface area contributed by atoms with Gasteiger partial charge in [-0.15, -0.1) is 5.17 Å². The summed E-state index contributed by atoms with van der Waals surface area (Å²) in [5, 5.41) is 1.21. The van der Waals surface area contributed by atoms with E-state index in [9.17, 15) is 0 Å². The highest BCUT2D eigenvalue weighted by molar-refractivity contribution is 5.05. The molecule has 0 bridgehead atoms. The zero-order valence-electron chi connectivity index (χ0n) is 11.0. The third kappa shape index (κ3) is 8.47. The molecule has 2 N–H and O–H groups in total.